The molecule has 3 heterocycles. The summed E-state index contributed by atoms with van der Waals surface area (Å²) < 4.78 is 34.3. The van der Waals surface area contributed by atoms with Crippen molar-refractivity contribution in [2.24, 2.45) is 0 Å². The SMILES string of the molecule is CC/C=C\C/C=C\C/C=C\C/C=C\CCCCCCCCCCCCCCCCC(=O)NC(COC1OC(CO)C(OC2OC(CO)C(OC3OC(CO)C(O)C(O)C3O)C(O)C2O)C(O)C1O)C(O)/C=C/CC/C=C/CCCCCCCCCCCC. The van der Waals surface area contributed by atoms with Gasteiger partial charge in [-0.2, -0.15) is 0 Å². The standard InChI is InChI=1S/C69H121NO18/c1-3-5-7-9-11-13-15-17-19-21-22-23-24-25-26-27-28-29-30-31-33-35-37-39-41-43-45-47-57(75)70-52(53(74)46-44-42-40-38-36-34-32-20-18-16-14-12-10-8-6-4-2)51-83-67-63(81)60(78)65(55(49-72)85-67)88-69-64(82)61(79)66(56(50-73)86-69)87-68-62(80)59(77)58(76)54(48-71)84-68/h5,7,11,13,17,19,22-23,36,38,44,46,52-56,58-69,71-74,76-82H,3-4,6,8-10,12,14-16,18,20-21,24-35,37,39-43,45,47-51H2,1-2H3,(H,70,75)/b7-5-,13-11-,19-17-,23-22-,38-36+,46-44+. The summed E-state index contributed by atoms with van der Waals surface area (Å²) in [7, 11) is 0. The molecule has 0 saturated carbocycles. The van der Waals surface area contributed by atoms with E-state index in [1.54, 1.807) is 6.08 Å². The van der Waals surface area contributed by atoms with Gasteiger partial charge in [-0.15, -0.1) is 0 Å². The van der Waals surface area contributed by atoms with Gasteiger partial charge in [0, 0.05) is 6.42 Å². The maximum atomic E-state index is 13.4. The van der Waals surface area contributed by atoms with E-state index in [1.807, 2.05) is 6.08 Å². The Labute approximate surface area is 528 Å². The number of unbranched alkanes of at least 4 members (excludes halogenated alkanes) is 25. The Morgan fingerprint density at radius 2 is 0.795 bits per heavy atom. The molecule has 19 nitrogen and oxygen atoms in total. The molecule has 3 aliphatic heterocycles. The van der Waals surface area contributed by atoms with Crippen LogP contribution in [0.2, 0.25) is 0 Å². The highest BCUT2D eigenvalue weighted by Gasteiger charge is 2.53. The first-order chi connectivity index (χ1) is 42.8. The maximum Gasteiger partial charge on any atom is 0.220 e. The van der Waals surface area contributed by atoms with E-state index < -0.39 is 124 Å². The summed E-state index contributed by atoms with van der Waals surface area (Å²) in [5.41, 5.74) is 0. The first-order valence-corrected chi connectivity index (χ1v) is 34.2. The molecule has 0 aliphatic carbocycles. The Morgan fingerprint density at radius 3 is 1.27 bits per heavy atom. The summed E-state index contributed by atoms with van der Waals surface area (Å²) >= 11 is 0. The monoisotopic (exact) mass is 1250 g/mol. The number of nitrogens with one attached hydrogen (secondary N) is 1. The number of ether oxygens (including phenoxy) is 6. The predicted molar refractivity (Wildman–Crippen MR) is 341 cm³/mol. The van der Waals surface area contributed by atoms with Crippen LogP contribution in [0.1, 0.15) is 226 Å². The zero-order valence-electron chi connectivity index (χ0n) is 53.7. The smallest absolute Gasteiger partial charge is 0.220 e. The molecule has 3 fully saturated rings. The lowest BCUT2D eigenvalue weighted by Crippen LogP contribution is -2.66. The normalized spacial score (nSPS) is 28.9. The molecule has 3 aliphatic rings. The van der Waals surface area contributed by atoms with E-state index in [4.69, 9.17) is 28.4 Å². The second-order valence-electron chi connectivity index (χ2n) is 24.2. The summed E-state index contributed by atoms with van der Waals surface area (Å²) in [4.78, 5) is 13.4. The first kappa shape index (κ1) is 79.5. The van der Waals surface area contributed by atoms with E-state index in [1.165, 1.54) is 122 Å². The van der Waals surface area contributed by atoms with Crippen LogP contribution in [-0.4, -0.2) is 193 Å². The van der Waals surface area contributed by atoms with Gasteiger partial charge in [0.25, 0.3) is 0 Å². The van der Waals surface area contributed by atoms with Crippen molar-refractivity contribution in [1.29, 1.82) is 0 Å². The van der Waals surface area contributed by atoms with Gasteiger partial charge in [0.05, 0.1) is 38.6 Å². The highest BCUT2D eigenvalue weighted by Crippen LogP contribution is 2.33. The molecule has 0 radical (unpaired) electrons. The molecule has 510 valence electrons. The summed E-state index contributed by atoms with van der Waals surface area (Å²) in [6.07, 6.45) is 35.9. The summed E-state index contributed by atoms with van der Waals surface area (Å²) in [5.74, 6) is -0.288. The largest absolute Gasteiger partial charge is 0.394 e. The molecule has 0 aromatic carbocycles. The van der Waals surface area contributed by atoms with E-state index in [-0.39, 0.29) is 18.9 Å². The molecule has 3 saturated heterocycles. The third-order valence-electron chi connectivity index (χ3n) is 16.7. The van der Waals surface area contributed by atoms with Crippen molar-refractivity contribution in [3.63, 3.8) is 0 Å². The quantitative estimate of drug-likeness (QED) is 0.0200. The number of hydrogen-bond donors (Lipinski definition) is 12. The molecule has 1 amide bonds. The van der Waals surface area contributed by atoms with E-state index >= 15 is 0 Å². The maximum absolute atomic E-state index is 13.4. The van der Waals surface area contributed by atoms with Crippen LogP contribution in [0.5, 0.6) is 0 Å². The Balaban J connectivity index is 1.43. The second kappa shape index (κ2) is 50.7. The van der Waals surface area contributed by atoms with Crippen molar-refractivity contribution in [2.45, 2.75) is 330 Å². The number of amides is 1. The van der Waals surface area contributed by atoms with Gasteiger partial charge < -0.3 is 89.9 Å². The third-order valence-corrected chi connectivity index (χ3v) is 16.7. The average Bonchev–Trinajstić information content (AvgIpc) is 3.39. The summed E-state index contributed by atoms with van der Waals surface area (Å²) in [6.45, 7) is 1.60. The van der Waals surface area contributed by atoms with Gasteiger partial charge in [-0.3, -0.25) is 4.79 Å². The van der Waals surface area contributed by atoms with Crippen LogP contribution >= 0.6 is 0 Å². The number of hydrogen-bond acceptors (Lipinski definition) is 18. The lowest BCUT2D eigenvalue weighted by Gasteiger charge is -2.48. The molecule has 0 aromatic heterocycles. The summed E-state index contributed by atoms with van der Waals surface area (Å²) in [5, 5.41) is 120. The number of allylic oxidation sites excluding steroid dienone is 11. The highest BCUT2D eigenvalue weighted by atomic mass is 16.8. The van der Waals surface area contributed by atoms with Crippen LogP contribution in [0.3, 0.4) is 0 Å². The van der Waals surface area contributed by atoms with Gasteiger partial charge in [-0.1, -0.05) is 222 Å². The molecule has 88 heavy (non-hydrogen) atoms. The molecule has 17 atom stereocenters. The van der Waals surface area contributed by atoms with Gasteiger partial charge >= 0.3 is 0 Å². The van der Waals surface area contributed by atoms with Crippen molar-refractivity contribution in [3.05, 3.63) is 72.9 Å². The van der Waals surface area contributed by atoms with Crippen LogP contribution in [0.4, 0.5) is 0 Å². The zero-order valence-corrected chi connectivity index (χ0v) is 53.7. The minimum Gasteiger partial charge on any atom is -0.394 e. The van der Waals surface area contributed by atoms with Crippen molar-refractivity contribution < 1.29 is 89.4 Å². The Hall–Kier alpha value is -2.77. The lowest BCUT2D eigenvalue weighted by atomic mass is 9.96. The molecule has 19 heteroatoms. The van der Waals surface area contributed by atoms with Crippen LogP contribution in [0, 0.1) is 0 Å². The van der Waals surface area contributed by atoms with E-state index in [2.05, 4.69) is 79.9 Å². The van der Waals surface area contributed by atoms with Gasteiger partial charge in [0.15, 0.2) is 18.9 Å². The molecular formula is C69H121NO18. The Bertz CT molecular complexity index is 1880. The van der Waals surface area contributed by atoms with Crippen molar-refractivity contribution in [3.8, 4) is 0 Å². The number of rotatable bonds is 51. The number of aliphatic hydroxyl groups is 11. The van der Waals surface area contributed by atoms with Crippen LogP contribution < -0.4 is 5.32 Å². The van der Waals surface area contributed by atoms with Gasteiger partial charge in [-0.25, -0.2) is 0 Å². The minimum absolute atomic E-state index is 0.232. The molecule has 0 bridgehead atoms. The summed E-state index contributed by atoms with van der Waals surface area (Å²) in [6, 6.07) is -0.993. The van der Waals surface area contributed by atoms with Gasteiger partial charge in [0.1, 0.15) is 73.2 Å². The second-order valence-corrected chi connectivity index (χ2v) is 24.2. The molecule has 12 N–H and O–H groups in total. The molecule has 17 unspecified atom stereocenters. The fourth-order valence-electron chi connectivity index (χ4n) is 11.2. The van der Waals surface area contributed by atoms with E-state index in [0.29, 0.717) is 12.8 Å². The minimum atomic E-state index is -1.98. The van der Waals surface area contributed by atoms with Crippen LogP contribution in [-0.2, 0) is 33.2 Å². The van der Waals surface area contributed by atoms with E-state index in [0.717, 1.165) is 70.6 Å². The van der Waals surface area contributed by atoms with Crippen molar-refractivity contribution in [2.75, 3.05) is 26.4 Å². The molecule has 3 rings (SSSR count). The number of aliphatic hydroxyl groups excluding tert-OH is 11. The lowest BCUT2D eigenvalue weighted by molar-refractivity contribution is -0.379. The number of carbonyl (C=O) groups is 1. The molecular weight excluding hydrogens is 1130 g/mol. The fraction of sp³-hybridized carbons (Fsp3) is 0.812. The fourth-order valence-corrected chi connectivity index (χ4v) is 11.2. The highest BCUT2D eigenvalue weighted by molar-refractivity contribution is 5.76. The zero-order chi connectivity index (χ0) is 64.0. The van der Waals surface area contributed by atoms with Gasteiger partial charge in [-0.05, 0) is 70.6 Å². The van der Waals surface area contributed by atoms with Crippen LogP contribution in [0.25, 0.3) is 0 Å². The van der Waals surface area contributed by atoms with Gasteiger partial charge in [0.2, 0.25) is 5.91 Å². The van der Waals surface area contributed by atoms with Crippen molar-refractivity contribution >= 4 is 5.91 Å². The predicted octanol–water partition coefficient (Wildman–Crippen LogP) is 8.55. The first-order valence-electron chi connectivity index (χ1n) is 34.2. The third kappa shape index (κ3) is 32.7. The average molecular weight is 1250 g/mol. The van der Waals surface area contributed by atoms with E-state index in [9.17, 15) is 61.0 Å². The molecule has 0 spiro atoms. The van der Waals surface area contributed by atoms with Crippen molar-refractivity contribution in [1.82, 2.24) is 5.32 Å². The Morgan fingerprint density at radius 1 is 0.420 bits per heavy atom. The Kier molecular flexibility index (Phi) is 45.8. The molecule has 0 aromatic rings. The number of carbonyl (C=O) groups excluding carboxylic acids is 1. The van der Waals surface area contributed by atoms with Crippen LogP contribution in [0.15, 0.2) is 72.9 Å². The topological polar surface area (TPSA) is 307 Å².